The molecule has 2 N–H and O–H groups in total. The first-order valence-electron chi connectivity index (χ1n) is 12.0. The summed E-state index contributed by atoms with van der Waals surface area (Å²) >= 11 is 0. The number of alkyl halides is 3. The van der Waals surface area contributed by atoms with Crippen molar-refractivity contribution in [1.82, 2.24) is 20.4 Å². The molecule has 0 aliphatic heterocycles. The minimum atomic E-state index is -4.90. The molecule has 0 fully saturated rings. The van der Waals surface area contributed by atoms with Crippen LogP contribution in [0.3, 0.4) is 0 Å². The van der Waals surface area contributed by atoms with Gasteiger partial charge in [-0.05, 0) is 50.2 Å². The molecule has 0 saturated heterocycles. The number of nitrogens with zero attached hydrogens (tertiary/aromatic N) is 2. The highest BCUT2D eigenvalue weighted by Crippen LogP contribution is 2.31. The Morgan fingerprint density at radius 1 is 0.897 bits per heavy atom. The Morgan fingerprint density at radius 2 is 1.59 bits per heavy atom. The summed E-state index contributed by atoms with van der Waals surface area (Å²) in [4.78, 5) is 36.4. The van der Waals surface area contributed by atoms with Gasteiger partial charge in [0.15, 0.2) is 12.3 Å². The second-order valence-corrected chi connectivity index (χ2v) is 7.89. The van der Waals surface area contributed by atoms with Crippen molar-refractivity contribution < 1.29 is 41.8 Å². The fourth-order valence-corrected chi connectivity index (χ4v) is 3.36. The molecule has 0 spiro atoms. The van der Waals surface area contributed by atoms with Crippen LogP contribution in [-0.4, -0.2) is 60.5 Å². The average molecular weight is 549 g/mol. The number of hydrogen-bond acceptors (Lipinski definition) is 7. The normalized spacial score (nSPS) is 11.0. The Labute approximate surface area is 222 Å². The van der Waals surface area contributed by atoms with Crippen LogP contribution in [0.1, 0.15) is 40.3 Å². The minimum absolute atomic E-state index is 0.0207. The van der Waals surface area contributed by atoms with Gasteiger partial charge in [0.05, 0.1) is 24.5 Å². The summed E-state index contributed by atoms with van der Waals surface area (Å²) in [7, 11) is 0. The van der Waals surface area contributed by atoms with Gasteiger partial charge >= 0.3 is 12.1 Å². The van der Waals surface area contributed by atoms with Crippen molar-refractivity contribution >= 4 is 17.8 Å². The molecule has 0 unspecified atom stereocenters. The number of ether oxygens (including phenoxy) is 3. The van der Waals surface area contributed by atoms with Gasteiger partial charge in [-0.1, -0.05) is 6.07 Å². The number of carbonyl (C=O) groups excluding carboxylic acids is 3. The quantitative estimate of drug-likeness (QED) is 0.263. The predicted octanol–water partition coefficient (Wildman–Crippen LogP) is 3.39. The van der Waals surface area contributed by atoms with Gasteiger partial charge in [0.25, 0.3) is 11.8 Å². The zero-order valence-corrected chi connectivity index (χ0v) is 21.2. The van der Waals surface area contributed by atoms with E-state index in [0.717, 1.165) is 10.9 Å². The zero-order chi connectivity index (χ0) is 28.4. The summed E-state index contributed by atoms with van der Waals surface area (Å²) in [5, 5.41) is 8.50. The summed E-state index contributed by atoms with van der Waals surface area (Å²) < 4.78 is 57.3. The summed E-state index contributed by atoms with van der Waals surface area (Å²) in [6, 6.07) is 12.2. The van der Waals surface area contributed by atoms with Gasteiger partial charge in [0.1, 0.15) is 11.5 Å². The van der Waals surface area contributed by atoms with Crippen LogP contribution in [0.5, 0.6) is 11.5 Å². The molecule has 39 heavy (non-hydrogen) atoms. The topological polar surface area (TPSA) is 121 Å². The third-order valence-electron chi connectivity index (χ3n) is 5.10. The number of hydrogen-bond donors (Lipinski definition) is 2. The van der Waals surface area contributed by atoms with Crippen LogP contribution in [0.15, 0.2) is 54.7 Å². The van der Waals surface area contributed by atoms with E-state index >= 15 is 0 Å². The Bertz CT molecular complexity index is 1290. The van der Waals surface area contributed by atoms with E-state index in [1.807, 2.05) is 6.92 Å². The van der Waals surface area contributed by atoms with Gasteiger partial charge in [-0.3, -0.25) is 9.59 Å². The molecule has 2 amide bonds. The molecule has 0 saturated carbocycles. The lowest BCUT2D eigenvalue weighted by atomic mass is 10.2. The molecule has 1 aromatic heterocycles. The molecule has 3 rings (SSSR count). The molecule has 3 aromatic rings. The van der Waals surface area contributed by atoms with Gasteiger partial charge in [-0.2, -0.15) is 18.3 Å². The Balaban J connectivity index is 1.64. The molecule has 13 heteroatoms. The highest BCUT2D eigenvalue weighted by Gasteiger charge is 2.39. The van der Waals surface area contributed by atoms with E-state index in [1.165, 1.54) is 24.3 Å². The number of carbonyl (C=O) groups is 3. The smallest absolute Gasteiger partial charge is 0.435 e. The van der Waals surface area contributed by atoms with E-state index in [1.54, 1.807) is 31.2 Å². The lowest BCUT2D eigenvalue weighted by Gasteiger charge is -2.09. The number of halogens is 3. The molecule has 0 atom stereocenters. The van der Waals surface area contributed by atoms with E-state index in [0.29, 0.717) is 17.9 Å². The third-order valence-corrected chi connectivity index (χ3v) is 5.10. The van der Waals surface area contributed by atoms with Crippen LogP contribution in [0, 0.1) is 0 Å². The molecule has 0 aliphatic rings. The van der Waals surface area contributed by atoms with Gasteiger partial charge in [-0.25, -0.2) is 9.48 Å². The number of benzene rings is 2. The molecule has 0 bridgehead atoms. The highest BCUT2D eigenvalue weighted by atomic mass is 19.4. The number of nitrogens with one attached hydrogen (secondary N) is 2. The van der Waals surface area contributed by atoms with Crippen molar-refractivity contribution in [2.75, 3.05) is 32.9 Å². The highest BCUT2D eigenvalue weighted by molar-refractivity contribution is 5.96. The Kier molecular flexibility index (Phi) is 9.90. The van der Waals surface area contributed by atoms with E-state index in [-0.39, 0.29) is 37.7 Å². The largest absolute Gasteiger partial charge is 0.494 e. The first kappa shape index (κ1) is 29.0. The van der Waals surface area contributed by atoms with E-state index in [2.05, 4.69) is 15.7 Å². The number of amides is 2. The SMILES string of the molecule is CCOC(=O)COc1cccc(-n2cc(C(=O)NCCNC(=O)c3ccc(OCC)cc3)c(C(F)(F)F)n2)c1. The molecule has 2 aromatic carbocycles. The second kappa shape index (κ2) is 13.3. The first-order chi connectivity index (χ1) is 18.6. The van der Waals surface area contributed by atoms with Crippen molar-refractivity contribution in [1.29, 1.82) is 0 Å². The first-order valence-corrected chi connectivity index (χ1v) is 12.0. The van der Waals surface area contributed by atoms with E-state index in [4.69, 9.17) is 14.2 Å². The van der Waals surface area contributed by atoms with Gasteiger partial charge in [0, 0.05) is 30.9 Å². The number of rotatable bonds is 12. The van der Waals surface area contributed by atoms with Crippen molar-refractivity contribution in [2.45, 2.75) is 20.0 Å². The van der Waals surface area contributed by atoms with Crippen molar-refractivity contribution in [3.63, 3.8) is 0 Å². The summed E-state index contributed by atoms with van der Waals surface area (Å²) in [6.07, 6.45) is -3.96. The fourth-order valence-electron chi connectivity index (χ4n) is 3.36. The van der Waals surface area contributed by atoms with Crippen LogP contribution in [-0.2, 0) is 15.7 Å². The van der Waals surface area contributed by atoms with Crippen LogP contribution in [0.25, 0.3) is 5.69 Å². The third kappa shape index (κ3) is 8.22. The Hall–Kier alpha value is -4.55. The van der Waals surface area contributed by atoms with Gasteiger partial charge in [-0.15, -0.1) is 0 Å². The summed E-state index contributed by atoms with van der Waals surface area (Å²) in [5.74, 6) is -1.23. The average Bonchev–Trinajstić information content (AvgIpc) is 3.37. The summed E-state index contributed by atoms with van der Waals surface area (Å²) in [5.41, 5.74) is -1.54. The van der Waals surface area contributed by atoms with Crippen molar-refractivity contribution in [3.8, 4) is 17.2 Å². The van der Waals surface area contributed by atoms with Crippen molar-refractivity contribution in [2.24, 2.45) is 0 Å². The predicted molar refractivity (Wildman–Crippen MR) is 133 cm³/mol. The molecule has 0 aliphatic carbocycles. The molecule has 1 heterocycles. The standard InChI is InChI=1S/C26H27F3N4O6/c1-3-37-19-10-8-17(9-11-19)24(35)30-12-13-31-25(36)21-15-33(32-23(21)26(27,28)29)18-6-5-7-20(14-18)39-16-22(34)38-4-2/h5-11,14-15H,3-4,12-13,16H2,1-2H3,(H,30,35)(H,31,36). The van der Waals surface area contributed by atoms with Gasteiger partial charge in [0.2, 0.25) is 0 Å². The molecule has 0 radical (unpaired) electrons. The maximum atomic E-state index is 13.7. The van der Waals surface area contributed by atoms with E-state index < -0.39 is 35.2 Å². The summed E-state index contributed by atoms with van der Waals surface area (Å²) in [6.45, 7) is 3.61. The molecule has 208 valence electrons. The van der Waals surface area contributed by atoms with Crippen molar-refractivity contribution in [3.05, 3.63) is 71.5 Å². The maximum Gasteiger partial charge on any atom is 0.435 e. The van der Waals surface area contributed by atoms with Crippen LogP contribution in [0.4, 0.5) is 13.2 Å². The fraction of sp³-hybridized carbons (Fsp3) is 0.308. The zero-order valence-electron chi connectivity index (χ0n) is 21.2. The second-order valence-electron chi connectivity index (χ2n) is 7.89. The lowest BCUT2D eigenvalue weighted by Crippen LogP contribution is -2.35. The van der Waals surface area contributed by atoms with E-state index in [9.17, 15) is 27.6 Å². The number of aromatic nitrogens is 2. The van der Waals surface area contributed by atoms with Crippen LogP contribution >= 0.6 is 0 Å². The van der Waals surface area contributed by atoms with Gasteiger partial charge < -0.3 is 24.8 Å². The Morgan fingerprint density at radius 3 is 2.23 bits per heavy atom. The lowest BCUT2D eigenvalue weighted by molar-refractivity contribution is -0.145. The maximum absolute atomic E-state index is 13.7. The van der Waals surface area contributed by atoms with Crippen LogP contribution < -0.4 is 20.1 Å². The molecular weight excluding hydrogens is 521 g/mol. The monoisotopic (exact) mass is 548 g/mol. The number of esters is 1. The molecular formula is C26H27F3N4O6. The minimum Gasteiger partial charge on any atom is -0.494 e. The van der Waals surface area contributed by atoms with Crippen LogP contribution in [0.2, 0.25) is 0 Å². The molecule has 10 nitrogen and oxygen atoms in total.